The number of alkyl halides is 6. The molecule has 0 saturated heterocycles. The fourth-order valence-corrected chi connectivity index (χ4v) is 5.31. The highest BCUT2D eigenvalue weighted by Crippen LogP contribution is 2.46. The summed E-state index contributed by atoms with van der Waals surface area (Å²) in [5.74, 6) is -0.993. The second-order valence-electron chi connectivity index (χ2n) is 7.58. The maximum absolute atomic E-state index is 13.0. The Labute approximate surface area is 198 Å². The summed E-state index contributed by atoms with van der Waals surface area (Å²) in [6.45, 7) is 0. The zero-order valence-electron chi connectivity index (χ0n) is 17.4. The molecule has 0 aliphatic rings. The largest absolute Gasteiger partial charge is 0.507 e. The van der Waals surface area contributed by atoms with Gasteiger partial charge >= 0.3 is 11.0 Å². The number of phenols is 2. The Kier molecular flexibility index (Phi) is 5.68. The third-order valence-corrected chi connectivity index (χ3v) is 8.39. The minimum atomic E-state index is -5.69. The number of aromatic hydroxyl groups is 2. The summed E-state index contributed by atoms with van der Waals surface area (Å²) in [4.78, 5) is -2.13. The van der Waals surface area contributed by atoms with Crippen molar-refractivity contribution in [3.05, 3.63) is 60.7 Å². The van der Waals surface area contributed by atoms with Crippen molar-refractivity contribution < 1.29 is 53.4 Å². The monoisotopic (exact) mass is 550 g/mol. The first-order chi connectivity index (χ1) is 16.5. The molecule has 190 valence electrons. The van der Waals surface area contributed by atoms with Gasteiger partial charge in [0.1, 0.15) is 11.5 Å². The number of hydrogen-bond acceptors (Lipinski definition) is 6. The standard InChI is InChI=1S/C22H12F6O6S2/c23-21(24,25)35(31,32)13-3-5-15-11(9-13)1-7-17(29)19(15)20-16-6-4-14(36(33,34)22(26,27)28)10-12(16)2-8-18(20)30/h1-10,29-30H. The van der Waals surface area contributed by atoms with E-state index >= 15 is 0 Å². The van der Waals surface area contributed by atoms with Gasteiger partial charge in [-0.3, -0.25) is 0 Å². The molecule has 0 radical (unpaired) electrons. The molecular weight excluding hydrogens is 538 g/mol. The second-order valence-corrected chi connectivity index (χ2v) is 11.5. The Hall–Kier alpha value is -3.52. The molecule has 0 aromatic heterocycles. The van der Waals surface area contributed by atoms with Crippen molar-refractivity contribution in [2.24, 2.45) is 0 Å². The van der Waals surface area contributed by atoms with Crippen LogP contribution in [0, 0.1) is 0 Å². The average Bonchev–Trinajstić information content (AvgIpc) is 2.77. The van der Waals surface area contributed by atoms with Crippen LogP contribution in [0.3, 0.4) is 0 Å². The molecule has 0 bridgehead atoms. The highest BCUT2D eigenvalue weighted by Gasteiger charge is 2.47. The van der Waals surface area contributed by atoms with Crippen LogP contribution in [0.1, 0.15) is 0 Å². The number of fused-ring (bicyclic) bond motifs is 2. The molecule has 36 heavy (non-hydrogen) atoms. The first-order valence-electron chi connectivity index (χ1n) is 9.61. The van der Waals surface area contributed by atoms with Crippen LogP contribution in [0.25, 0.3) is 32.7 Å². The summed E-state index contributed by atoms with van der Waals surface area (Å²) in [5, 5.41) is 21.0. The predicted octanol–water partition coefficient (Wildman–Crippen LogP) is 5.66. The highest BCUT2D eigenvalue weighted by atomic mass is 32.2. The summed E-state index contributed by atoms with van der Waals surface area (Å²) in [6, 6.07) is 9.04. The molecular formula is C22H12F6O6S2. The molecule has 0 aliphatic carbocycles. The van der Waals surface area contributed by atoms with Gasteiger partial charge in [0.25, 0.3) is 19.7 Å². The number of halogens is 6. The van der Waals surface area contributed by atoms with Crippen LogP contribution in [0.15, 0.2) is 70.5 Å². The van der Waals surface area contributed by atoms with Gasteiger partial charge in [-0.05, 0) is 57.9 Å². The van der Waals surface area contributed by atoms with E-state index in [1.54, 1.807) is 0 Å². The van der Waals surface area contributed by atoms with Crippen LogP contribution < -0.4 is 0 Å². The zero-order valence-corrected chi connectivity index (χ0v) is 19.0. The lowest BCUT2D eigenvalue weighted by molar-refractivity contribution is -0.0442. The Balaban J connectivity index is 2.01. The van der Waals surface area contributed by atoms with E-state index in [2.05, 4.69) is 0 Å². The highest BCUT2D eigenvalue weighted by molar-refractivity contribution is 7.92. The maximum atomic E-state index is 13.0. The van der Waals surface area contributed by atoms with Crippen molar-refractivity contribution in [1.82, 2.24) is 0 Å². The van der Waals surface area contributed by atoms with Gasteiger partial charge in [0.15, 0.2) is 0 Å². The van der Waals surface area contributed by atoms with Crippen molar-refractivity contribution in [1.29, 1.82) is 0 Å². The average molecular weight is 550 g/mol. The van der Waals surface area contributed by atoms with E-state index in [4.69, 9.17) is 0 Å². The summed E-state index contributed by atoms with van der Waals surface area (Å²) in [5.41, 5.74) is -11.5. The number of phenolic OH excluding ortho intramolecular Hbond substituents is 2. The molecule has 0 amide bonds. The van der Waals surface area contributed by atoms with E-state index in [0.717, 1.165) is 48.5 Å². The van der Waals surface area contributed by atoms with Gasteiger partial charge in [0.2, 0.25) is 0 Å². The molecule has 0 aliphatic heterocycles. The molecule has 2 N–H and O–H groups in total. The second kappa shape index (κ2) is 8.00. The van der Waals surface area contributed by atoms with Crippen molar-refractivity contribution in [2.45, 2.75) is 20.8 Å². The third-order valence-electron chi connectivity index (χ3n) is 5.42. The van der Waals surface area contributed by atoms with Gasteiger partial charge in [0.05, 0.1) is 9.79 Å². The topological polar surface area (TPSA) is 109 Å². The Morgan fingerprint density at radius 2 is 0.861 bits per heavy atom. The van der Waals surface area contributed by atoms with E-state index in [-0.39, 0.29) is 32.7 Å². The first-order valence-corrected chi connectivity index (χ1v) is 12.6. The summed E-state index contributed by atoms with van der Waals surface area (Å²) in [6.07, 6.45) is 0. The summed E-state index contributed by atoms with van der Waals surface area (Å²) in [7, 11) is -11.4. The molecule has 0 unspecified atom stereocenters. The van der Waals surface area contributed by atoms with Gasteiger partial charge in [-0.15, -0.1) is 0 Å². The maximum Gasteiger partial charge on any atom is 0.501 e. The molecule has 4 rings (SSSR count). The van der Waals surface area contributed by atoms with Crippen LogP contribution >= 0.6 is 0 Å². The first kappa shape index (κ1) is 25.6. The lowest BCUT2D eigenvalue weighted by Gasteiger charge is -2.16. The third kappa shape index (κ3) is 3.89. The normalized spacial score (nSPS) is 13.4. The summed E-state index contributed by atoms with van der Waals surface area (Å²) >= 11 is 0. The van der Waals surface area contributed by atoms with Gasteiger partial charge < -0.3 is 10.2 Å². The molecule has 0 saturated carbocycles. The SMILES string of the molecule is O=S(=O)(c1ccc2c(-c3c(O)ccc4cc(S(=O)(=O)C(F)(F)F)ccc34)c(O)ccc2c1)C(F)(F)F. The van der Waals surface area contributed by atoms with Crippen LogP contribution in [-0.4, -0.2) is 38.1 Å². The van der Waals surface area contributed by atoms with Crippen molar-refractivity contribution in [3.8, 4) is 22.6 Å². The van der Waals surface area contributed by atoms with Gasteiger partial charge in [-0.2, -0.15) is 26.3 Å². The fraction of sp³-hybridized carbons (Fsp3) is 0.0909. The number of benzene rings is 4. The Morgan fingerprint density at radius 3 is 1.17 bits per heavy atom. The molecule has 4 aromatic carbocycles. The number of rotatable bonds is 3. The summed E-state index contributed by atoms with van der Waals surface area (Å²) < 4.78 is 125. The molecule has 14 heteroatoms. The van der Waals surface area contributed by atoms with Crippen molar-refractivity contribution >= 4 is 41.2 Å². The van der Waals surface area contributed by atoms with Gasteiger partial charge in [0, 0.05) is 11.1 Å². The predicted molar refractivity (Wildman–Crippen MR) is 117 cm³/mol. The minimum Gasteiger partial charge on any atom is -0.507 e. The fourth-order valence-electron chi connectivity index (χ4n) is 3.72. The van der Waals surface area contributed by atoms with E-state index in [9.17, 15) is 53.4 Å². The lowest BCUT2D eigenvalue weighted by Crippen LogP contribution is -2.23. The molecule has 0 heterocycles. The van der Waals surface area contributed by atoms with Crippen LogP contribution in [0.5, 0.6) is 11.5 Å². The Morgan fingerprint density at radius 1 is 0.528 bits per heavy atom. The number of sulfone groups is 2. The van der Waals surface area contributed by atoms with Crippen LogP contribution in [-0.2, 0) is 19.7 Å². The van der Waals surface area contributed by atoms with E-state index < -0.39 is 52.0 Å². The van der Waals surface area contributed by atoms with Crippen molar-refractivity contribution in [3.63, 3.8) is 0 Å². The molecule has 0 fully saturated rings. The van der Waals surface area contributed by atoms with Gasteiger partial charge in [-0.25, -0.2) is 16.8 Å². The quantitative estimate of drug-likeness (QED) is 0.319. The van der Waals surface area contributed by atoms with E-state index in [1.165, 1.54) is 0 Å². The van der Waals surface area contributed by atoms with E-state index in [0.29, 0.717) is 12.1 Å². The smallest absolute Gasteiger partial charge is 0.501 e. The van der Waals surface area contributed by atoms with E-state index in [1.807, 2.05) is 0 Å². The van der Waals surface area contributed by atoms with Crippen LogP contribution in [0.4, 0.5) is 26.3 Å². The lowest BCUT2D eigenvalue weighted by atomic mass is 9.92. The minimum absolute atomic E-state index is 0.00548. The zero-order chi connectivity index (χ0) is 26.8. The molecule has 0 atom stereocenters. The Bertz CT molecular complexity index is 1630. The van der Waals surface area contributed by atoms with Gasteiger partial charge in [-0.1, -0.05) is 24.3 Å². The molecule has 4 aromatic rings. The molecule has 6 nitrogen and oxygen atoms in total. The molecule has 0 spiro atoms. The number of hydrogen-bond donors (Lipinski definition) is 2. The van der Waals surface area contributed by atoms with Crippen molar-refractivity contribution in [2.75, 3.05) is 0 Å². The van der Waals surface area contributed by atoms with Crippen LogP contribution in [0.2, 0.25) is 0 Å².